The Kier molecular flexibility index (Phi) is 4.62. The Balaban J connectivity index is 1.63. The van der Waals surface area contributed by atoms with E-state index < -0.39 is 11.7 Å². The lowest BCUT2D eigenvalue weighted by Crippen LogP contribution is -2.08. The van der Waals surface area contributed by atoms with E-state index in [0.29, 0.717) is 22.7 Å². The maximum atomic E-state index is 14.4. The van der Waals surface area contributed by atoms with Crippen LogP contribution in [0.15, 0.2) is 72.8 Å². The average molecular weight is 459 g/mol. The molecule has 0 aliphatic heterocycles. The molecule has 34 heavy (non-hydrogen) atoms. The molecule has 6 rings (SSSR count). The summed E-state index contributed by atoms with van der Waals surface area (Å²) in [5.41, 5.74) is 1.52. The molecular formula is C27H20F3N3O. The van der Waals surface area contributed by atoms with Crippen LogP contribution in [0.25, 0.3) is 38.8 Å². The Morgan fingerprint density at radius 2 is 1.65 bits per heavy atom. The Labute approximate surface area is 193 Å². The number of rotatable bonds is 4. The van der Waals surface area contributed by atoms with Crippen molar-refractivity contribution >= 4 is 21.8 Å². The molecule has 0 unspecified atom stereocenters. The van der Waals surface area contributed by atoms with E-state index in [9.17, 15) is 13.2 Å². The summed E-state index contributed by atoms with van der Waals surface area (Å²) in [7, 11) is 1.57. The van der Waals surface area contributed by atoms with Crippen LogP contribution >= 0.6 is 0 Å². The third-order valence-corrected chi connectivity index (χ3v) is 6.30. The van der Waals surface area contributed by atoms with Crippen LogP contribution in [0.2, 0.25) is 0 Å². The summed E-state index contributed by atoms with van der Waals surface area (Å²) in [5.74, 6) is 0.680. The Morgan fingerprint density at radius 3 is 2.32 bits per heavy atom. The third-order valence-electron chi connectivity index (χ3n) is 6.30. The summed E-state index contributed by atoms with van der Waals surface area (Å²) in [4.78, 5) is 4.75. The number of aromatic nitrogens is 3. The highest BCUT2D eigenvalue weighted by atomic mass is 19.4. The lowest BCUT2D eigenvalue weighted by Gasteiger charge is -2.12. The van der Waals surface area contributed by atoms with Gasteiger partial charge in [0, 0.05) is 11.5 Å². The molecule has 0 saturated heterocycles. The monoisotopic (exact) mass is 459 g/mol. The van der Waals surface area contributed by atoms with Crippen LogP contribution in [-0.2, 0) is 6.18 Å². The van der Waals surface area contributed by atoms with Gasteiger partial charge in [-0.1, -0.05) is 36.4 Å². The fraction of sp³-hybridized carbons (Fsp3) is 0.185. The number of halogens is 3. The number of alkyl halides is 3. The largest absolute Gasteiger partial charge is 0.497 e. The highest BCUT2D eigenvalue weighted by Crippen LogP contribution is 2.47. The van der Waals surface area contributed by atoms with Crippen molar-refractivity contribution in [1.82, 2.24) is 14.8 Å². The molecule has 1 fully saturated rings. The van der Waals surface area contributed by atoms with Crippen LogP contribution in [0.3, 0.4) is 0 Å². The quantitative estimate of drug-likeness (QED) is 0.287. The van der Waals surface area contributed by atoms with Crippen LogP contribution < -0.4 is 4.74 Å². The first-order valence-electron chi connectivity index (χ1n) is 11.1. The zero-order valence-corrected chi connectivity index (χ0v) is 18.3. The topological polar surface area (TPSA) is 39.9 Å². The number of fused-ring (bicyclic) bond motifs is 2. The van der Waals surface area contributed by atoms with Crippen molar-refractivity contribution in [2.24, 2.45) is 0 Å². The van der Waals surface area contributed by atoms with Crippen LogP contribution in [0.5, 0.6) is 5.75 Å². The molecule has 1 aliphatic carbocycles. The third kappa shape index (κ3) is 3.48. The van der Waals surface area contributed by atoms with Gasteiger partial charge in [-0.05, 0) is 60.0 Å². The van der Waals surface area contributed by atoms with Crippen LogP contribution in [0.4, 0.5) is 13.2 Å². The number of nitrogens with zero attached hydrogens (tertiary/aromatic N) is 3. The molecule has 7 heteroatoms. The van der Waals surface area contributed by atoms with Crippen LogP contribution in [-0.4, -0.2) is 21.9 Å². The maximum Gasteiger partial charge on any atom is 0.417 e. The first-order chi connectivity index (χ1) is 16.4. The second-order valence-corrected chi connectivity index (χ2v) is 8.58. The van der Waals surface area contributed by atoms with Crippen molar-refractivity contribution in [2.45, 2.75) is 24.9 Å². The SMILES string of the molecule is COc1ccc(-n2nc(C3CC3)c3c(C(F)(F)F)cc(-c4ccc5ccccc5c4)nc32)cc1. The molecule has 1 saturated carbocycles. The van der Waals surface area contributed by atoms with Gasteiger partial charge in [0.15, 0.2) is 5.65 Å². The second kappa shape index (κ2) is 7.58. The summed E-state index contributed by atoms with van der Waals surface area (Å²) in [5, 5.41) is 6.70. The fourth-order valence-corrected chi connectivity index (χ4v) is 4.41. The standard InChI is InChI=1S/C27H20F3N3O/c1-34-21-12-10-20(11-13-21)33-26-24(25(32-33)17-7-8-17)22(27(28,29)30)15-23(31-26)19-9-6-16-4-2-3-5-18(16)14-19/h2-6,9-15,17H,7-8H2,1H3. The van der Waals surface area contributed by atoms with E-state index in [0.717, 1.165) is 23.6 Å². The first-order valence-corrected chi connectivity index (χ1v) is 11.1. The van der Waals surface area contributed by atoms with Gasteiger partial charge in [0.05, 0.1) is 35.1 Å². The fourth-order valence-electron chi connectivity index (χ4n) is 4.41. The number of benzene rings is 3. The number of methoxy groups -OCH3 is 1. The van der Waals surface area contributed by atoms with Gasteiger partial charge in [0.25, 0.3) is 0 Å². The molecular weight excluding hydrogens is 439 g/mol. The van der Waals surface area contributed by atoms with Crippen molar-refractivity contribution < 1.29 is 17.9 Å². The van der Waals surface area contributed by atoms with Gasteiger partial charge < -0.3 is 4.74 Å². The minimum Gasteiger partial charge on any atom is -0.497 e. The summed E-state index contributed by atoms with van der Waals surface area (Å²) in [6.45, 7) is 0. The summed E-state index contributed by atoms with van der Waals surface area (Å²) in [6, 6.07) is 21.6. The molecule has 2 heterocycles. The molecule has 0 amide bonds. The van der Waals surface area contributed by atoms with Crippen molar-refractivity contribution in [3.05, 3.63) is 84.1 Å². The molecule has 170 valence electrons. The summed E-state index contributed by atoms with van der Waals surface area (Å²) >= 11 is 0. The van der Waals surface area contributed by atoms with Crippen molar-refractivity contribution in [3.63, 3.8) is 0 Å². The Morgan fingerprint density at radius 1 is 0.912 bits per heavy atom. The molecule has 4 nitrogen and oxygen atoms in total. The van der Waals surface area contributed by atoms with Gasteiger partial charge in [-0.3, -0.25) is 0 Å². The normalized spacial score (nSPS) is 14.1. The van der Waals surface area contributed by atoms with Gasteiger partial charge in [-0.15, -0.1) is 0 Å². The number of hydrogen-bond donors (Lipinski definition) is 0. The molecule has 0 atom stereocenters. The van der Waals surface area contributed by atoms with Gasteiger partial charge in [-0.25, -0.2) is 9.67 Å². The molecule has 2 aromatic heterocycles. The first kappa shape index (κ1) is 20.7. The number of pyridine rings is 1. The smallest absolute Gasteiger partial charge is 0.417 e. The molecule has 5 aromatic rings. The summed E-state index contributed by atoms with van der Waals surface area (Å²) in [6.07, 6.45) is -2.87. The van der Waals surface area contributed by atoms with Gasteiger partial charge >= 0.3 is 6.18 Å². The Hall–Kier alpha value is -3.87. The van der Waals surface area contributed by atoms with Gasteiger partial charge in [-0.2, -0.15) is 18.3 Å². The van der Waals surface area contributed by atoms with Crippen molar-refractivity contribution in [1.29, 1.82) is 0 Å². The molecule has 0 N–H and O–H groups in total. The van der Waals surface area contributed by atoms with Crippen LogP contribution in [0, 0.1) is 0 Å². The second-order valence-electron chi connectivity index (χ2n) is 8.58. The van der Waals surface area contributed by atoms with E-state index in [4.69, 9.17) is 9.72 Å². The van der Waals surface area contributed by atoms with Crippen molar-refractivity contribution in [2.75, 3.05) is 7.11 Å². The predicted octanol–water partition coefficient (Wildman–Crippen LogP) is 7.15. The molecule has 1 aliphatic rings. The van der Waals surface area contributed by atoms with Gasteiger partial charge in [0.1, 0.15) is 5.75 Å². The van der Waals surface area contributed by atoms with E-state index >= 15 is 0 Å². The molecule has 0 radical (unpaired) electrons. The predicted molar refractivity (Wildman–Crippen MR) is 125 cm³/mol. The van der Waals surface area contributed by atoms with E-state index in [1.807, 2.05) is 42.5 Å². The molecule has 0 bridgehead atoms. The number of ether oxygens (including phenoxy) is 1. The highest BCUT2D eigenvalue weighted by Gasteiger charge is 2.39. The minimum absolute atomic E-state index is 0.0245. The summed E-state index contributed by atoms with van der Waals surface area (Å²) < 4.78 is 49.8. The lowest BCUT2D eigenvalue weighted by molar-refractivity contribution is -0.136. The zero-order valence-electron chi connectivity index (χ0n) is 18.3. The maximum absolute atomic E-state index is 14.4. The lowest BCUT2D eigenvalue weighted by atomic mass is 10.0. The van der Waals surface area contributed by atoms with E-state index in [2.05, 4.69) is 5.10 Å². The van der Waals surface area contributed by atoms with Gasteiger partial charge in [0.2, 0.25) is 0 Å². The minimum atomic E-state index is -4.54. The Bertz CT molecular complexity index is 1530. The highest BCUT2D eigenvalue weighted by molar-refractivity contribution is 5.90. The number of hydrogen-bond acceptors (Lipinski definition) is 3. The van der Waals surface area contributed by atoms with E-state index in [1.165, 1.54) is 10.7 Å². The van der Waals surface area contributed by atoms with E-state index in [1.54, 1.807) is 31.4 Å². The zero-order chi connectivity index (χ0) is 23.4. The van der Waals surface area contributed by atoms with Crippen LogP contribution in [0.1, 0.15) is 30.0 Å². The van der Waals surface area contributed by atoms with E-state index in [-0.39, 0.29) is 22.6 Å². The van der Waals surface area contributed by atoms with Crippen molar-refractivity contribution in [3.8, 4) is 22.7 Å². The molecule has 0 spiro atoms. The molecule has 3 aromatic carbocycles. The average Bonchev–Trinajstić information content (AvgIpc) is 3.63.